The summed E-state index contributed by atoms with van der Waals surface area (Å²) in [5.41, 5.74) is 0. The van der Waals surface area contributed by atoms with E-state index >= 15 is 0 Å². The molecule has 0 aromatic carbocycles. The van der Waals surface area contributed by atoms with E-state index < -0.39 is 18.5 Å². The van der Waals surface area contributed by atoms with Crippen molar-refractivity contribution in [3.05, 3.63) is 0 Å². The zero-order chi connectivity index (χ0) is 8.15. The molecule has 4 heteroatoms. The van der Waals surface area contributed by atoms with Crippen LogP contribution in [0.2, 0.25) is 0 Å². The van der Waals surface area contributed by atoms with Crippen LogP contribution in [0.1, 0.15) is 13.8 Å². The summed E-state index contributed by atoms with van der Waals surface area (Å²) in [6.07, 6.45) is 0. The lowest BCUT2D eigenvalue weighted by atomic mass is 10.2. The quantitative estimate of drug-likeness (QED) is 0.613. The first-order chi connectivity index (χ1) is 4.57. The maximum atomic E-state index is 11.6. The van der Waals surface area contributed by atoms with Crippen molar-refractivity contribution in [1.82, 2.24) is 5.32 Å². The molecule has 1 atom stereocenters. The first-order valence-corrected chi connectivity index (χ1v) is 2.93. The molecular weight excluding hydrogens is 137 g/mol. The number of hydrogen-bond donors (Lipinski definition) is 1. The third kappa shape index (κ3) is 3.17. The van der Waals surface area contributed by atoms with Crippen LogP contribution in [-0.4, -0.2) is 24.4 Å². The van der Waals surface area contributed by atoms with Crippen LogP contribution in [0.5, 0.6) is 0 Å². The topological polar surface area (TPSA) is 46.2 Å². The van der Waals surface area contributed by atoms with Crippen molar-refractivity contribution >= 4 is 11.7 Å². The molecule has 58 valence electrons. The van der Waals surface area contributed by atoms with E-state index in [1.54, 1.807) is 0 Å². The highest BCUT2D eigenvalue weighted by molar-refractivity contribution is 5.88. The molecule has 1 N–H and O–H groups in total. The van der Waals surface area contributed by atoms with Gasteiger partial charge >= 0.3 is 0 Å². The molecule has 3 nitrogen and oxygen atoms in total. The summed E-state index contributed by atoms with van der Waals surface area (Å²) in [7, 11) is 0. The van der Waals surface area contributed by atoms with E-state index in [4.69, 9.17) is 0 Å². The van der Waals surface area contributed by atoms with Crippen molar-refractivity contribution in [2.24, 2.45) is 0 Å². The molecular formula is C6H10FNO2. The molecule has 0 heterocycles. The molecule has 0 aliphatic heterocycles. The Morgan fingerprint density at radius 1 is 1.60 bits per heavy atom. The van der Waals surface area contributed by atoms with Crippen LogP contribution in [0.3, 0.4) is 0 Å². The molecule has 0 fully saturated rings. The fourth-order valence-corrected chi connectivity index (χ4v) is 0.501. The number of rotatable bonds is 3. The van der Waals surface area contributed by atoms with Crippen LogP contribution in [0.15, 0.2) is 0 Å². The predicted molar refractivity (Wildman–Crippen MR) is 34.3 cm³/mol. The van der Waals surface area contributed by atoms with E-state index in [0.717, 1.165) is 0 Å². The van der Waals surface area contributed by atoms with Gasteiger partial charge in [0.2, 0.25) is 5.91 Å². The van der Waals surface area contributed by atoms with Crippen molar-refractivity contribution < 1.29 is 14.0 Å². The summed E-state index contributed by atoms with van der Waals surface area (Å²) in [4.78, 5) is 20.7. The largest absolute Gasteiger partial charge is 0.347 e. The fraction of sp³-hybridized carbons (Fsp3) is 0.667. The van der Waals surface area contributed by atoms with Gasteiger partial charge in [-0.2, -0.15) is 0 Å². The van der Waals surface area contributed by atoms with E-state index in [0.29, 0.717) is 0 Å². The highest BCUT2D eigenvalue weighted by Crippen LogP contribution is 1.85. The number of halogens is 1. The van der Waals surface area contributed by atoms with Crippen molar-refractivity contribution in [2.75, 3.05) is 6.67 Å². The minimum atomic E-state index is -1.03. The van der Waals surface area contributed by atoms with Gasteiger partial charge in [0.15, 0.2) is 5.78 Å². The lowest BCUT2D eigenvalue weighted by Gasteiger charge is -2.07. The van der Waals surface area contributed by atoms with Gasteiger partial charge in [0.25, 0.3) is 0 Å². The second-order valence-electron chi connectivity index (χ2n) is 2.02. The molecule has 1 unspecified atom stereocenters. The first-order valence-electron chi connectivity index (χ1n) is 2.93. The van der Waals surface area contributed by atoms with Gasteiger partial charge in [0.1, 0.15) is 6.67 Å². The van der Waals surface area contributed by atoms with Crippen LogP contribution < -0.4 is 5.32 Å². The molecule has 0 saturated heterocycles. The Bertz CT molecular complexity index is 147. The Hall–Kier alpha value is -0.930. The van der Waals surface area contributed by atoms with Crippen LogP contribution in [0, 0.1) is 0 Å². The Morgan fingerprint density at radius 3 is 2.40 bits per heavy atom. The van der Waals surface area contributed by atoms with Crippen molar-refractivity contribution in [3.63, 3.8) is 0 Å². The van der Waals surface area contributed by atoms with Gasteiger partial charge in [-0.15, -0.1) is 0 Å². The number of nitrogens with one attached hydrogen (secondary N) is 1. The lowest BCUT2D eigenvalue weighted by Crippen LogP contribution is -2.37. The number of carbonyl (C=O) groups is 2. The van der Waals surface area contributed by atoms with E-state index in [1.165, 1.54) is 13.8 Å². The monoisotopic (exact) mass is 147 g/mol. The number of hydrogen-bond acceptors (Lipinski definition) is 2. The molecule has 0 aromatic heterocycles. The van der Waals surface area contributed by atoms with Crippen molar-refractivity contribution in [1.29, 1.82) is 0 Å². The van der Waals surface area contributed by atoms with Gasteiger partial charge in [0, 0.05) is 6.92 Å². The Morgan fingerprint density at radius 2 is 2.10 bits per heavy atom. The number of amides is 1. The van der Waals surface area contributed by atoms with Crippen LogP contribution in [0.25, 0.3) is 0 Å². The second kappa shape index (κ2) is 3.98. The average Bonchev–Trinajstić information content (AvgIpc) is 1.85. The van der Waals surface area contributed by atoms with Gasteiger partial charge in [0.05, 0.1) is 6.04 Å². The molecule has 10 heavy (non-hydrogen) atoms. The van der Waals surface area contributed by atoms with Gasteiger partial charge in [-0.1, -0.05) is 0 Å². The molecule has 0 saturated carbocycles. The Labute approximate surface area is 58.6 Å². The standard InChI is InChI=1S/C6H10FNO2/c1-4(6(10)3-7)8-5(2)9/h4H,3H2,1-2H3,(H,8,9). The molecule has 0 rings (SSSR count). The maximum absolute atomic E-state index is 11.6. The van der Waals surface area contributed by atoms with Crippen LogP contribution in [-0.2, 0) is 9.59 Å². The first kappa shape index (κ1) is 9.07. The molecule has 0 bridgehead atoms. The molecule has 0 aromatic rings. The highest BCUT2D eigenvalue weighted by Gasteiger charge is 2.11. The average molecular weight is 147 g/mol. The van der Waals surface area contributed by atoms with Gasteiger partial charge in [-0.05, 0) is 6.92 Å². The third-order valence-electron chi connectivity index (χ3n) is 1.03. The summed E-state index contributed by atoms with van der Waals surface area (Å²) in [6.45, 7) is 1.70. The summed E-state index contributed by atoms with van der Waals surface area (Å²) in [5.74, 6) is -0.926. The van der Waals surface area contributed by atoms with E-state index in [2.05, 4.69) is 5.32 Å². The lowest BCUT2D eigenvalue weighted by molar-refractivity contribution is -0.126. The summed E-state index contributed by atoms with van der Waals surface area (Å²) in [6, 6.07) is -0.706. The molecule has 0 aliphatic rings. The minimum Gasteiger partial charge on any atom is -0.347 e. The van der Waals surface area contributed by atoms with Gasteiger partial charge < -0.3 is 5.32 Å². The van der Waals surface area contributed by atoms with Crippen LogP contribution in [0.4, 0.5) is 4.39 Å². The normalized spacial score (nSPS) is 12.3. The SMILES string of the molecule is CC(=O)NC(C)C(=O)CF. The van der Waals surface area contributed by atoms with Crippen molar-refractivity contribution in [2.45, 2.75) is 19.9 Å². The van der Waals surface area contributed by atoms with Gasteiger partial charge in [-0.25, -0.2) is 4.39 Å². The zero-order valence-electron chi connectivity index (χ0n) is 5.98. The Balaban J connectivity index is 3.72. The number of Topliss-reactive ketones (excluding diaryl/α,β-unsaturated/α-hetero) is 1. The second-order valence-corrected chi connectivity index (χ2v) is 2.02. The molecule has 1 amide bonds. The number of ketones is 1. The zero-order valence-corrected chi connectivity index (χ0v) is 5.98. The van der Waals surface area contributed by atoms with E-state index in [9.17, 15) is 14.0 Å². The maximum Gasteiger partial charge on any atom is 0.217 e. The third-order valence-corrected chi connectivity index (χ3v) is 1.03. The molecule has 0 aliphatic carbocycles. The summed E-state index contributed by atoms with van der Waals surface area (Å²) in [5, 5.41) is 2.26. The number of carbonyl (C=O) groups excluding carboxylic acids is 2. The number of alkyl halides is 1. The summed E-state index contributed by atoms with van der Waals surface area (Å²) < 4.78 is 11.6. The van der Waals surface area contributed by atoms with E-state index in [1.807, 2.05) is 0 Å². The van der Waals surface area contributed by atoms with Crippen LogP contribution >= 0.6 is 0 Å². The van der Waals surface area contributed by atoms with Crippen molar-refractivity contribution in [3.8, 4) is 0 Å². The molecule has 0 spiro atoms. The van der Waals surface area contributed by atoms with E-state index in [-0.39, 0.29) is 5.91 Å². The predicted octanol–water partition coefficient (Wildman–Crippen LogP) is 0.0496. The van der Waals surface area contributed by atoms with Gasteiger partial charge in [-0.3, -0.25) is 9.59 Å². The Kier molecular flexibility index (Phi) is 3.61. The summed E-state index contributed by atoms with van der Waals surface area (Å²) >= 11 is 0. The molecule has 0 radical (unpaired) electrons. The highest BCUT2D eigenvalue weighted by atomic mass is 19.1. The smallest absolute Gasteiger partial charge is 0.217 e. The fourth-order valence-electron chi connectivity index (χ4n) is 0.501. The minimum absolute atomic E-state index is 0.325.